The number of carbonyl (C=O) groups is 1. The van der Waals surface area contributed by atoms with Crippen LogP contribution in [0.15, 0.2) is 30.3 Å². The fraction of sp³-hybridized carbons (Fsp3) is 0.111. The number of carbonyl (C=O) groups excluding carboxylic acids is 1. The Hall–Kier alpha value is -2.15. The van der Waals surface area contributed by atoms with Crippen molar-refractivity contribution in [2.75, 3.05) is 0 Å². The molecule has 0 aliphatic rings. The second-order valence-electron chi connectivity index (χ2n) is 2.98. The fourth-order valence-electron chi connectivity index (χ4n) is 1.04. The molecule has 0 saturated heterocycles. The molecule has 7 nitrogen and oxygen atoms in total. The molecule has 8 heteroatoms. The molecule has 1 unspecified atom stereocenters. The summed E-state index contributed by atoms with van der Waals surface area (Å²) in [6, 6.07) is 7.99. The van der Waals surface area contributed by atoms with Crippen LogP contribution in [-0.2, 0) is 0 Å². The van der Waals surface area contributed by atoms with Crippen LogP contribution in [0.5, 0.6) is 0 Å². The van der Waals surface area contributed by atoms with Gasteiger partial charge in [-0.2, -0.15) is 0 Å². The molecule has 0 radical (unpaired) electrons. The van der Waals surface area contributed by atoms with Crippen molar-refractivity contribution in [2.24, 2.45) is 5.73 Å². The number of benzene rings is 1. The van der Waals surface area contributed by atoms with E-state index in [0.717, 1.165) is 0 Å². The maximum atomic E-state index is 11.5. The standard InChI is InChI=1S/C9H10N4O3.ClH/c10-7(11)8(13(15)16)12-9(14)6-4-2-1-3-5-6;/h1-5,8H,(H3,10,11)(H,12,14);1H. The number of nitrogens with two attached hydrogens (primary N) is 1. The van der Waals surface area contributed by atoms with E-state index in [4.69, 9.17) is 11.1 Å². The summed E-state index contributed by atoms with van der Waals surface area (Å²) < 4.78 is 0. The van der Waals surface area contributed by atoms with Crippen molar-refractivity contribution in [1.82, 2.24) is 5.32 Å². The van der Waals surface area contributed by atoms with Gasteiger partial charge in [-0.05, 0) is 12.1 Å². The van der Waals surface area contributed by atoms with E-state index >= 15 is 0 Å². The van der Waals surface area contributed by atoms with E-state index in [1.54, 1.807) is 18.2 Å². The molecule has 0 aromatic heterocycles. The highest BCUT2D eigenvalue weighted by atomic mass is 35.5. The summed E-state index contributed by atoms with van der Waals surface area (Å²) >= 11 is 0. The van der Waals surface area contributed by atoms with E-state index in [1.807, 2.05) is 5.32 Å². The number of rotatable bonds is 4. The van der Waals surface area contributed by atoms with Crippen LogP contribution >= 0.6 is 12.4 Å². The van der Waals surface area contributed by atoms with Crippen molar-refractivity contribution in [3.63, 3.8) is 0 Å². The van der Waals surface area contributed by atoms with E-state index in [0.29, 0.717) is 0 Å². The first kappa shape index (κ1) is 14.8. The van der Waals surface area contributed by atoms with Crippen LogP contribution in [-0.4, -0.2) is 22.8 Å². The molecule has 0 heterocycles. The maximum Gasteiger partial charge on any atom is 0.343 e. The monoisotopic (exact) mass is 258 g/mol. The summed E-state index contributed by atoms with van der Waals surface area (Å²) in [5, 5.41) is 19.5. The first-order valence-corrected chi connectivity index (χ1v) is 4.35. The Morgan fingerprint density at radius 3 is 2.35 bits per heavy atom. The van der Waals surface area contributed by atoms with Crippen LogP contribution in [0.1, 0.15) is 10.4 Å². The summed E-state index contributed by atoms with van der Waals surface area (Å²) in [4.78, 5) is 21.1. The predicted molar refractivity (Wildman–Crippen MR) is 63.9 cm³/mol. The van der Waals surface area contributed by atoms with E-state index in [-0.39, 0.29) is 18.0 Å². The average Bonchev–Trinajstić information content (AvgIpc) is 2.25. The van der Waals surface area contributed by atoms with E-state index in [9.17, 15) is 14.9 Å². The Balaban J connectivity index is 0.00000256. The molecule has 1 aromatic carbocycles. The molecule has 1 atom stereocenters. The minimum Gasteiger partial charge on any atom is -0.380 e. The lowest BCUT2D eigenvalue weighted by molar-refractivity contribution is -0.507. The lowest BCUT2D eigenvalue weighted by Crippen LogP contribution is -2.49. The van der Waals surface area contributed by atoms with Crippen LogP contribution in [0.3, 0.4) is 0 Å². The minimum absolute atomic E-state index is 0. The van der Waals surface area contributed by atoms with Crippen molar-refractivity contribution in [3.8, 4) is 0 Å². The van der Waals surface area contributed by atoms with Gasteiger partial charge in [-0.3, -0.25) is 25.6 Å². The zero-order valence-electron chi connectivity index (χ0n) is 8.62. The summed E-state index contributed by atoms with van der Waals surface area (Å²) in [5.74, 6) is -1.35. The summed E-state index contributed by atoms with van der Waals surface area (Å²) in [7, 11) is 0. The van der Waals surface area contributed by atoms with Crippen LogP contribution in [0, 0.1) is 15.5 Å². The first-order chi connectivity index (χ1) is 7.52. The summed E-state index contributed by atoms with van der Waals surface area (Å²) in [6.07, 6.45) is -1.69. The van der Waals surface area contributed by atoms with Gasteiger partial charge in [0.1, 0.15) is 0 Å². The van der Waals surface area contributed by atoms with Crippen molar-refractivity contribution in [1.29, 1.82) is 5.41 Å². The molecule has 92 valence electrons. The molecule has 4 N–H and O–H groups in total. The molecule has 1 rings (SSSR count). The molecular weight excluding hydrogens is 248 g/mol. The highest BCUT2D eigenvalue weighted by molar-refractivity contribution is 5.97. The zero-order valence-corrected chi connectivity index (χ0v) is 9.44. The summed E-state index contributed by atoms with van der Waals surface area (Å²) in [5.41, 5.74) is 5.26. The topological polar surface area (TPSA) is 122 Å². The number of nitrogens with zero attached hydrogens (tertiary/aromatic N) is 1. The zero-order chi connectivity index (χ0) is 12.1. The number of amides is 1. The number of amidine groups is 1. The smallest absolute Gasteiger partial charge is 0.343 e. The minimum atomic E-state index is -1.69. The number of hydrogen-bond donors (Lipinski definition) is 3. The number of nitro groups is 1. The lowest BCUT2D eigenvalue weighted by atomic mass is 10.2. The van der Waals surface area contributed by atoms with Gasteiger partial charge in [0.2, 0.25) is 0 Å². The van der Waals surface area contributed by atoms with Crippen molar-refractivity contribution in [2.45, 2.75) is 6.17 Å². The number of halogens is 1. The Labute approximate surface area is 103 Å². The third-order valence-corrected chi connectivity index (χ3v) is 1.81. The molecular formula is C9H11ClN4O3. The van der Waals surface area contributed by atoms with Crippen molar-refractivity contribution in [3.05, 3.63) is 46.0 Å². The third-order valence-electron chi connectivity index (χ3n) is 1.81. The number of hydrogen-bond acceptors (Lipinski definition) is 4. The molecule has 0 fully saturated rings. The Bertz CT molecular complexity index is 410. The van der Waals surface area contributed by atoms with Crippen molar-refractivity contribution < 1.29 is 9.72 Å². The normalized spacial score (nSPS) is 10.8. The number of nitrogens with one attached hydrogen (secondary N) is 2. The molecule has 0 aliphatic heterocycles. The average molecular weight is 259 g/mol. The van der Waals surface area contributed by atoms with Gasteiger partial charge < -0.3 is 5.73 Å². The van der Waals surface area contributed by atoms with Gasteiger partial charge in [-0.15, -0.1) is 12.4 Å². The van der Waals surface area contributed by atoms with Crippen LogP contribution in [0.2, 0.25) is 0 Å². The van der Waals surface area contributed by atoms with E-state index in [2.05, 4.69) is 0 Å². The SMILES string of the molecule is Cl.N=C(N)C(NC(=O)c1ccccc1)[N+](=O)[O-]. The largest absolute Gasteiger partial charge is 0.380 e. The molecule has 0 aliphatic carbocycles. The third kappa shape index (κ3) is 4.07. The lowest BCUT2D eigenvalue weighted by Gasteiger charge is -2.09. The Kier molecular flexibility index (Phi) is 5.62. The van der Waals surface area contributed by atoms with Gasteiger partial charge in [0.15, 0.2) is 5.84 Å². The highest BCUT2D eigenvalue weighted by Gasteiger charge is 2.26. The Morgan fingerprint density at radius 2 is 1.94 bits per heavy atom. The quantitative estimate of drug-likeness (QED) is 0.237. The molecule has 17 heavy (non-hydrogen) atoms. The molecule has 1 aromatic rings. The van der Waals surface area contributed by atoms with Gasteiger partial charge in [0.25, 0.3) is 5.91 Å². The molecule has 1 amide bonds. The fourth-order valence-corrected chi connectivity index (χ4v) is 1.04. The molecule has 0 bridgehead atoms. The van der Waals surface area contributed by atoms with Gasteiger partial charge in [0.05, 0.1) is 4.92 Å². The van der Waals surface area contributed by atoms with E-state index in [1.165, 1.54) is 12.1 Å². The maximum absolute atomic E-state index is 11.5. The Morgan fingerprint density at radius 1 is 1.41 bits per heavy atom. The predicted octanol–water partition coefficient (Wildman–Crippen LogP) is 0.377. The van der Waals surface area contributed by atoms with E-state index < -0.39 is 22.8 Å². The summed E-state index contributed by atoms with van der Waals surface area (Å²) in [6.45, 7) is 0. The van der Waals surface area contributed by atoms with Crippen LogP contribution in [0.25, 0.3) is 0 Å². The van der Waals surface area contributed by atoms with Gasteiger partial charge in [0, 0.05) is 5.56 Å². The second kappa shape index (κ2) is 6.44. The van der Waals surface area contributed by atoms with Gasteiger partial charge in [-0.1, -0.05) is 18.2 Å². The van der Waals surface area contributed by atoms with Gasteiger partial charge >= 0.3 is 6.17 Å². The van der Waals surface area contributed by atoms with Crippen LogP contribution in [0.4, 0.5) is 0 Å². The first-order valence-electron chi connectivity index (χ1n) is 4.35. The molecule has 0 saturated carbocycles. The second-order valence-corrected chi connectivity index (χ2v) is 2.98. The van der Waals surface area contributed by atoms with Gasteiger partial charge in [-0.25, -0.2) is 0 Å². The van der Waals surface area contributed by atoms with Crippen molar-refractivity contribution >= 4 is 24.1 Å². The van der Waals surface area contributed by atoms with Crippen LogP contribution < -0.4 is 11.1 Å². The molecule has 0 spiro atoms. The highest BCUT2D eigenvalue weighted by Crippen LogP contribution is 1.99.